The van der Waals surface area contributed by atoms with Crippen LogP contribution in [0.15, 0.2) is 40.5 Å². The third kappa shape index (κ3) is 6.73. The Morgan fingerprint density at radius 1 is 1.08 bits per heavy atom. The minimum Gasteiger partial charge on any atom is -0.468 e. The number of carbonyl (C=O) groups excluding carboxylic acids is 3. The number of allylic oxidation sites excluding steroid dienone is 1. The number of ether oxygens (including phenoxy) is 2. The van der Waals surface area contributed by atoms with Crippen molar-refractivity contribution in [3.8, 4) is 0 Å². The molecule has 1 aliphatic rings. The maximum Gasteiger partial charge on any atom is 0.416 e. The summed E-state index contributed by atoms with van der Waals surface area (Å²) < 4.78 is 50.8. The smallest absolute Gasteiger partial charge is 0.416 e. The number of amides is 1. The maximum absolute atomic E-state index is 13.6. The Kier molecular flexibility index (Phi) is 8.75. The predicted molar refractivity (Wildman–Crippen MR) is 128 cm³/mol. The normalized spacial score (nSPS) is 19.5. The van der Waals surface area contributed by atoms with E-state index in [9.17, 15) is 27.6 Å². The number of methoxy groups -OCH3 is 1. The van der Waals surface area contributed by atoms with Gasteiger partial charge in [-0.1, -0.05) is 32.0 Å². The number of hydrogen-bond donors (Lipinski definition) is 1. The summed E-state index contributed by atoms with van der Waals surface area (Å²) in [6.07, 6.45) is -4.63. The number of carbonyl (C=O) groups is 3. The fourth-order valence-electron chi connectivity index (χ4n) is 4.12. The van der Waals surface area contributed by atoms with Gasteiger partial charge in [-0.2, -0.15) is 13.2 Å². The Hall–Kier alpha value is -3.17. The molecule has 1 amide bonds. The molecular weight excluding hydrogens is 477 g/mol. The van der Waals surface area contributed by atoms with E-state index in [1.807, 2.05) is 0 Å². The molecule has 0 radical (unpaired) electrons. The fraction of sp³-hybridized carbons (Fsp3) is 0.538. The number of alkyl halides is 3. The lowest BCUT2D eigenvalue weighted by atomic mass is 9.75. The number of hydrogen-bond acceptors (Lipinski definition) is 6. The van der Waals surface area contributed by atoms with E-state index in [2.05, 4.69) is 10.3 Å². The molecule has 10 heteroatoms. The van der Waals surface area contributed by atoms with E-state index >= 15 is 0 Å². The Morgan fingerprint density at radius 2 is 1.69 bits per heavy atom. The number of nitrogens with zero attached hydrogens (tertiary/aromatic N) is 1. The van der Waals surface area contributed by atoms with Crippen LogP contribution in [0.25, 0.3) is 0 Å². The first-order valence-electron chi connectivity index (χ1n) is 11.5. The number of benzene rings is 1. The second kappa shape index (κ2) is 10.8. The zero-order chi connectivity index (χ0) is 27.6. The van der Waals surface area contributed by atoms with E-state index < -0.39 is 53.1 Å². The minimum atomic E-state index is -4.63. The molecule has 0 saturated carbocycles. The first-order chi connectivity index (χ1) is 16.5. The Morgan fingerprint density at radius 3 is 2.19 bits per heavy atom. The second-order valence-corrected chi connectivity index (χ2v) is 10.1. The summed E-state index contributed by atoms with van der Waals surface area (Å²) in [5.74, 6) is -4.75. The van der Waals surface area contributed by atoms with Crippen LogP contribution in [0.4, 0.5) is 13.2 Å². The Bertz CT molecular complexity index is 1080. The van der Waals surface area contributed by atoms with Crippen LogP contribution in [-0.2, 0) is 30.0 Å². The lowest BCUT2D eigenvalue weighted by Gasteiger charge is -2.33. The van der Waals surface area contributed by atoms with Gasteiger partial charge in [0.15, 0.2) is 0 Å². The topological polar surface area (TPSA) is 94.1 Å². The van der Waals surface area contributed by atoms with Gasteiger partial charge in [0.1, 0.15) is 17.6 Å². The molecule has 0 saturated heterocycles. The standard InChI is InChI=1S/C26H33F3N2O5/c1-13(2)21(24(34)36-25(5,6)7)31-22(32)18-14(3)30-15(4)19(23(33)35-8)20(18)16-10-9-11-17(12-16)26(27,28)29/h9-13,19-21H,1-8H3,(H,31,32). The number of nitrogens with one attached hydrogen (secondary N) is 1. The van der Waals surface area contributed by atoms with E-state index in [0.29, 0.717) is 5.71 Å². The van der Waals surface area contributed by atoms with E-state index in [-0.39, 0.29) is 22.8 Å². The van der Waals surface area contributed by atoms with Crippen LogP contribution in [0.2, 0.25) is 0 Å². The lowest BCUT2D eigenvalue weighted by molar-refractivity contribution is -0.159. The highest BCUT2D eigenvalue weighted by molar-refractivity contribution is 6.08. The highest BCUT2D eigenvalue weighted by Gasteiger charge is 2.43. The first-order valence-corrected chi connectivity index (χ1v) is 11.5. The molecule has 1 heterocycles. The van der Waals surface area contributed by atoms with Crippen molar-refractivity contribution < 1.29 is 37.0 Å². The molecule has 1 N–H and O–H groups in total. The number of halogens is 3. The second-order valence-electron chi connectivity index (χ2n) is 10.1. The molecule has 0 spiro atoms. The van der Waals surface area contributed by atoms with E-state index in [1.165, 1.54) is 19.1 Å². The highest BCUT2D eigenvalue weighted by Crippen LogP contribution is 2.41. The highest BCUT2D eigenvalue weighted by atomic mass is 19.4. The van der Waals surface area contributed by atoms with Gasteiger partial charge in [0.2, 0.25) is 5.91 Å². The molecule has 3 atom stereocenters. The van der Waals surface area contributed by atoms with Crippen LogP contribution >= 0.6 is 0 Å². The molecule has 7 nitrogen and oxygen atoms in total. The molecule has 0 fully saturated rings. The van der Waals surface area contributed by atoms with Crippen molar-refractivity contribution >= 4 is 23.6 Å². The van der Waals surface area contributed by atoms with Crippen LogP contribution in [0.5, 0.6) is 0 Å². The van der Waals surface area contributed by atoms with Crippen LogP contribution in [0, 0.1) is 11.8 Å². The van der Waals surface area contributed by atoms with Crippen molar-refractivity contribution in [3.05, 3.63) is 46.7 Å². The van der Waals surface area contributed by atoms with Gasteiger partial charge in [0.05, 0.1) is 12.7 Å². The molecule has 1 aliphatic heterocycles. The van der Waals surface area contributed by atoms with Crippen molar-refractivity contribution in [1.29, 1.82) is 0 Å². The molecule has 2 rings (SSSR count). The quantitative estimate of drug-likeness (QED) is 0.555. The monoisotopic (exact) mass is 510 g/mol. The van der Waals surface area contributed by atoms with Crippen LogP contribution in [-0.4, -0.2) is 42.3 Å². The summed E-state index contributed by atoms with van der Waals surface area (Å²) in [4.78, 5) is 43.5. The van der Waals surface area contributed by atoms with Gasteiger partial charge in [-0.15, -0.1) is 0 Å². The largest absolute Gasteiger partial charge is 0.468 e. The summed E-state index contributed by atoms with van der Waals surface area (Å²) in [5.41, 5.74) is -1.13. The lowest BCUT2D eigenvalue weighted by Crippen LogP contribution is -2.49. The van der Waals surface area contributed by atoms with Crippen molar-refractivity contribution in [1.82, 2.24) is 5.32 Å². The zero-order valence-electron chi connectivity index (χ0n) is 21.7. The SMILES string of the molecule is COC(=O)C1C(C)=NC(C)=C(C(=O)NC(C(=O)OC(C)(C)C)C(C)C)C1c1cccc(C(F)(F)F)c1. The molecular formula is C26H33F3N2O5. The molecule has 0 aromatic heterocycles. The van der Waals surface area contributed by atoms with Gasteiger partial charge < -0.3 is 14.8 Å². The molecule has 0 bridgehead atoms. The molecule has 36 heavy (non-hydrogen) atoms. The fourth-order valence-corrected chi connectivity index (χ4v) is 4.12. The van der Waals surface area contributed by atoms with Gasteiger partial charge in [0.25, 0.3) is 0 Å². The van der Waals surface area contributed by atoms with Crippen LogP contribution < -0.4 is 5.32 Å². The van der Waals surface area contributed by atoms with Crippen molar-refractivity contribution in [3.63, 3.8) is 0 Å². The van der Waals surface area contributed by atoms with Gasteiger partial charge in [-0.25, -0.2) is 4.79 Å². The summed E-state index contributed by atoms with van der Waals surface area (Å²) in [5, 5.41) is 2.66. The third-order valence-corrected chi connectivity index (χ3v) is 5.72. The number of rotatable bonds is 6. The third-order valence-electron chi connectivity index (χ3n) is 5.72. The van der Waals surface area contributed by atoms with Crippen LogP contribution in [0.3, 0.4) is 0 Å². The number of esters is 2. The van der Waals surface area contributed by atoms with Gasteiger partial charge in [0, 0.05) is 22.9 Å². The average Bonchev–Trinajstić information content (AvgIpc) is 2.74. The van der Waals surface area contributed by atoms with Crippen LogP contribution in [0.1, 0.15) is 65.5 Å². The van der Waals surface area contributed by atoms with Gasteiger partial charge in [-0.05, 0) is 52.2 Å². The number of aliphatic imine (C=N–C) groups is 1. The minimum absolute atomic E-state index is 0.0236. The first kappa shape index (κ1) is 29.1. The Balaban J connectivity index is 2.62. The van der Waals surface area contributed by atoms with Crippen molar-refractivity contribution in [2.24, 2.45) is 16.8 Å². The Labute approximate surface area is 209 Å². The summed E-state index contributed by atoms with van der Waals surface area (Å²) >= 11 is 0. The van der Waals surface area contributed by atoms with Crippen molar-refractivity contribution in [2.75, 3.05) is 7.11 Å². The molecule has 198 valence electrons. The molecule has 1 aromatic rings. The summed E-state index contributed by atoms with van der Waals surface area (Å²) in [7, 11) is 1.15. The van der Waals surface area contributed by atoms with E-state index in [1.54, 1.807) is 41.5 Å². The molecule has 3 unspecified atom stereocenters. The predicted octanol–water partition coefficient (Wildman–Crippen LogP) is 4.81. The van der Waals surface area contributed by atoms with Crippen molar-refractivity contribution in [2.45, 2.75) is 72.2 Å². The van der Waals surface area contributed by atoms with Gasteiger partial charge in [-0.3, -0.25) is 14.6 Å². The average molecular weight is 511 g/mol. The summed E-state index contributed by atoms with van der Waals surface area (Å²) in [6, 6.07) is 3.42. The van der Waals surface area contributed by atoms with E-state index in [0.717, 1.165) is 19.2 Å². The molecule has 1 aromatic carbocycles. The maximum atomic E-state index is 13.6. The van der Waals surface area contributed by atoms with E-state index in [4.69, 9.17) is 9.47 Å². The molecule has 0 aliphatic carbocycles. The summed E-state index contributed by atoms with van der Waals surface area (Å²) in [6.45, 7) is 11.6. The van der Waals surface area contributed by atoms with Gasteiger partial charge >= 0.3 is 18.1 Å². The zero-order valence-corrected chi connectivity index (χ0v) is 21.7.